The Morgan fingerprint density at radius 2 is 1.70 bits per heavy atom. The van der Waals surface area contributed by atoms with Crippen molar-refractivity contribution in [2.24, 2.45) is 0 Å². The minimum absolute atomic E-state index is 0.102. The molecular weight excluding hydrogens is 396 g/mol. The van der Waals surface area contributed by atoms with Gasteiger partial charge >= 0.3 is 0 Å². The van der Waals surface area contributed by atoms with Gasteiger partial charge in [0, 0.05) is 30.1 Å². The predicted octanol–water partition coefficient (Wildman–Crippen LogP) is 3.91. The van der Waals surface area contributed by atoms with Crippen molar-refractivity contribution in [3.05, 3.63) is 54.1 Å². The average Bonchev–Trinajstić information content (AvgIpc) is 3.17. The molecule has 0 aliphatic rings. The third-order valence-corrected chi connectivity index (χ3v) is 5.70. The standard InChI is InChI=1S/C23H30N4O2S/c1-23(2,3)18-7-5-17(6-8-18)21-25-26-22(30-16-14-24-13-15-28)27(21)19-9-11-20(29-4)12-10-19/h5-12,24,28H,13-16H2,1-4H3. The van der Waals surface area contributed by atoms with Crippen LogP contribution in [0.25, 0.3) is 17.1 Å². The fraction of sp³-hybridized carbons (Fsp3) is 0.391. The fourth-order valence-electron chi connectivity index (χ4n) is 3.05. The summed E-state index contributed by atoms with van der Waals surface area (Å²) in [4.78, 5) is 0. The normalized spacial score (nSPS) is 11.6. The smallest absolute Gasteiger partial charge is 0.196 e. The van der Waals surface area contributed by atoms with Gasteiger partial charge in [0.1, 0.15) is 5.75 Å². The third-order valence-electron chi connectivity index (χ3n) is 4.77. The minimum atomic E-state index is 0.102. The van der Waals surface area contributed by atoms with Crippen molar-refractivity contribution in [1.29, 1.82) is 0 Å². The van der Waals surface area contributed by atoms with Crippen LogP contribution in [0.3, 0.4) is 0 Å². The highest BCUT2D eigenvalue weighted by Crippen LogP contribution is 2.30. The van der Waals surface area contributed by atoms with Gasteiger partial charge < -0.3 is 15.2 Å². The van der Waals surface area contributed by atoms with Crippen molar-refractivity contribution in [2.75, 3.05) is 32.6 Å². The third kappa shape index (κ3) is 5.41. The number of benzene rings is 2. The summed E-state index contributed by atoms with van der Waals surface area (Å²) in [6.45, 7) is 8.15. The Morgan fingerprint density at radius 3 is 2.30 bits per heavy atom. The molecule has 0 unspecified atom stereocenters. The summed E-state index contributed by atoms with van der Waals surface area (Å²) < 4.78 is 7.39. The number of methoxy groups -OCH3 is 1. The Bertz CT molecular complexity index is 931. The zero-order valence-corrected chi connectivity index (χ0v) is 18.9. The summed E-state index contributed by atoms with van der Waals surface area (Å²) in [7, 11) is 1.66. The van der Waals surface area contributed by atoms with Crippen LogP contribution in [-0.4, -0.2) is 52.4 Å². The molecule has 0 spiro atoms. The van der Waals surface area contributed by atoms with Crippen LogP contribution < -0.4 is 10.1 Å². The highest BCUT2D eigenvalue weighted by molar-refractivity contribution is 7.99. The lowest BCUT2D eigenvalue weighted by molar-refractivity contribution is 0.294. The van der Waals surface area contributed by atoms with Gasteiger partial charge in [0.2, 0.25) is 0 Å². The van der Waals surface area contributed by atoms with Gasteiger partial charge in [0.05, 0.1) is 13.7 Å². The molecule has 0 bridgehead atoms. The Labute approximate surface area is 182 Å². The van der Waals surface area contributed by atoms with Crippen LogP contribution in [0.2, 0.25) is 0 Å². The number of aliphatic hydroxyl groups is 1. The molecule has 0 fully saturated rings. The number of aliphatic hydroxyl groups excluding tert-OH is 1. The van der Waals surface area contributed by atoms with E-state index in [0.717, 1.165) is 40.3 Å². The van der Waals surface area contributed by atoms with Crippen molar-refractivity contribution in [1.82, 2.24) is 20.1 Å². The minimum Gasteiger partial charge on any atom is -0.497 e. The van der Waals surface area contributed by atoms with E-state index in [1.54, 1.807) is 18.9 Å². The average molecular weight is 427 g/mol. The number of hydrogen-bond acceptors (Lipinski definition) is 6. The van der Waals surface area contributed by atoms with Crippen LogP contribution in [0.5, 0.6) is 5.75 Å². The van der Waals surface area contributed by atoms with E-state index in [-0.39, 0.29) is 12.0 Å². The van der Waals surface area contributed by atoms with E-state index in [2.05, 4.69) is 65.1 Å². The molecule has 0 radical (unpaired) electrons. The molecule has 0 saturated heterocycles. The molecule has 3 aromatic rings. The van der Waals surface area contributed by atoms with Crippen molar-refractivity contribution in [3.63, 3.8) is 0 Å². The molecule has 0 saturated carbocycles. The van der Waals surface area contributed by atoms with E-state index < -0.39 is 0 Å². The number of hydrogen-bond donors (Lipinski definition) is 2. The molecule has 0 atom stereocenters. The topological polar surface area (TPSA) is 72.2 Å². The molecule has 1 heterocycles. The van der Waals surface area contributed by atoms with Crippen LogP contribution >= 0.6 is 11.8 Å². The van der Waals surface area contributed by atoms with Crippen molar-refractivity contribution < 1.29 is 9.84 Å². The van der Waals surface area contributed by atoms with Gasteiger partial charge in [0.25, 0.3) is 0 Å². The quantitative estimate of drug-likeness (QED) is 0.399. The van der Waals surface area contributed by atoms with E-state index in [1.165, 1.54) is 5.56 Å². The second-order valence-electron chi connectivity index (χ2n) is 7.99. The number of nitrogens with zero attached hydrogens (tertiary/aromatic N) is 3. The first-order valence-corrected chi connectivity index (χ1v) is 11.1. The number of thioether (sulfide) groups is 1. The summed E-state index contributed by atoms with van der Waals surface area (Å²) in [6, 6.07) is 16.5. The first kappa shape index (κ1) is 22.3. The Balaban J connectivity index is 1.93. The summed E-state index contributed by atoms with van der Waals surface area (Å²) >= 11 is 1.64. The first-order chi connectivity index (χ1) is 14.4. The second-order valence-corrected chi connectivity index (χ2v) is 9.05. The molecule has 30 heavy (non-hydrogen) atoms. The lowest BCUT2D eigenvalue weighted by Crippen LogP contribution is -2.20. The summed E-state index contributed by atoms with van der Waals surface area (Å²) in [5, 5.41) is 21.9. The molecule has 2 aromatic carbocycles. The van der Waals surface area contributed by atoms with Gasteiger partial charge in [0.15, 0.2) is 11.0 Å². The first-order valence-electron chi connectivity index (χ1n) is 10.1. The van der Waals surface area contributed by atoms with Crippen LogP contribution in [0.1, 0.15) is 26.3 Å². The summed E-state index contributed by atoms with van der Waals surface area (Å²) in [5.74, 6) is 2.45. The number of rotatable bonds is 9. The zero-order chi connectivity index (χ0) is 21.6. The highest BCUT2D eigenvalue weighted by Gasteiger charge is 2.18. The molecule has 0 amide bonds. The second kappa shape index (κ2) is 10.1. The van der Waals surface area contributed by atoms with Crippen LogP contribution in [0.15, 0.2) is 53.7 Å². The van der Waals surface area contributed by atoms with E-state index in [1.807, 2.05) is 24.3 Å². The number of nitrogens with one attached hydrogen (secondary N) is 1. The lowest BCUT2D eigenvalue weighted by Gasteiger charge is -2.19. The van der Waals surface area contributed by atoms with Crippen molar-refractivity contribution in [3.8, 4) is 22.8 Å². The summed E-state index contributed by atoms with van der Waals surface area (Å²) in [5.41, 5.74) is 3.40. The molecule has 0 aliphatic carbocycles. The van der Waals surface area contributed by atoms with Crippen molar-refractivity contribution >= 4 is 11.8 Å². The number of aromatic nitrogens is 3. The van der Waals surface area contributed by atoms with E-state index in [4.69, 9.17) is 9.84 Å². The molecule has 2 N–H and O–H groups in total. The largest absolute Gasteiger partial charge is 0.497 e. The van der Waals surface area contributed by atoms with Gasteiger partial charge in [-0.3, -0.25) is 4.57 Å². The van der Waals surface area contributed by atoms with Gasteiger partial charge in [-0.05, 0) is 35.2 Å². The maximum Gasteiger partial charge on any atom is 0.196 e. The van der Waals surface area contributed by atoms with Gasteiger partial charge in [-0.2, -0.15) is 0 Å². The monoisotopic (exact) mass is 426 g/mol. The maximum absolute atomic E-state index is 8.91. The lowest BCUT2D eigenvalue weighted by atomic mass is 9.87. The van der Waals surface area contributed by atoms with Crippen molar-refractivity contribution in [2.45, 2.75) is 31.3 Å². The van der Waals surface area contributed by atoms with Crippen LogP contribution in [0, 0.1) is 0 Å². The molecule has 7 heteroatoms. The van der Waals surface area contributed by atoms with E-state index in [0.29, 0.717) is 6.54 Å². The molecule has 160 valence electrons. The maximum atomic E-state index is 8.91. The predicted molar refractivity (Wildman–Crippen MR) is 123 cm³/mol. The highest BCUT2D eigenvalue weighted by atomic mass is 32.2. The van der Waals surface area contributed by atoms with Crippen LogP contribution in [0.4, 0.5) is 0 Å². The SMILES string of the molecule is COc1ccc(-n2c(SCCNCCO)nnc2-c2ccc(C(C)(C)C)cc2)cc1. The van der Waals surface area contributed by atoms with Gasteiger partial charge in [-0.1, -0.05) is 56.8 Å². The van der Waals surface area contributed by atoms with Gasteiger partial charge in [-0.25, -0.2) is 0 Å². The molecule has 3 rings (SSSR count). The van der Waals surface area contributed by atoms with E-state index in [9.17, 15) is 0 Å². The Kier molecular flexibility index (Phi) is 7.53. The molecule has 1 aromatic heterocycles. The van der Waals surface area contributed by atoms with Crippen LogP contribution in [-0.2, 0) is 5.41 Å². The summed E-state index contributed by atoms with van der Waals surface area (Å²) in [6.07, 6.45) is 0. The fourth-order valence-corrected chi connectivity index (χ4v) is 3.90. The Morgan fingerprint density at radius 1 is 1.00 bits per heavy atom. The Hall–Kier alpha value is -2.35. The van der Waals surface area contributed by atoms with E-state index >= 15 is 0 Å². The molecule has 6 nitrogen and oxygen atoms in total. The van der Waals surface area contributed by atoms with Gasteiger partial charge in [-0.15, -0.1) is 10.2 Å². The number of ether oxygens (including phenoxy) is 1. The zero-order valence-electron chi connectivity index (χ0n) is 18.1. The molecular formula is C23H30N4O2S. The molecule has 0 aliphatic heterocycles.